The smallest absolute Gasteiger partial charge is 0.261 e. The topological polar surface area (TPSA) is 65.2 Å². The Morgan fingerprint density at radius 3 is 2.57 bits per heavy atom. The fourth-order valence-electron chi connectivity index (χ4n) is 2.73. The zero-order valence-electron chi connectivity index (χ0n) is 12.9. The molecule has 1 saturated heterocycles. The van der Waals surface area contributed by atoms with Gasteiger partial charge in [-0.25, -0.2) is 0 Å². The van der Waals surface area contributed by atoms with Crippen molar-refractivity contribution in [2.75, 3.05) is 19.6 Å². The summed E-state index contributed by atoms with van der Waals surface area (Å²) < 4.78 is 0. The lowest BCUT2D eigenvalue weighted by molar-refractivity contribution is 0.0654. The molecule has 0 aliphatic carbocycles. The third kappa shape index (κ3) is 3.63. The number of piperazine rings is 1. The lowest BCUT2D eigenvalue weighted by atomic mass is 10.1. The maximum atomic E-state index is 12.6. The van der Waals surface area contributed by atoms with Gasteiger partial charge in [-0.15, -0.1) is 12.4 Å². The van der Waals surface area contributed by atoms with Crippen LogP contribution in [0.1, 0.15) is 17.3 Å². The number of halogens is 1. The average molecular weight is 334 g/mol. The minimum absolute atomic E-state index is 0. The van der Waals surface area contributed by atoms with Crippen LogP contribution in [-0.4, -0.2) is 41.5 Å². The van der Waals surface area contributed by atoms with Crippen LogP contribution in [0.25, 0.3) is 11.3 Å². The molecule has 2 N–H and O–H groups in total. The molecule has 0 unspecified atom stereocenters. The molecule has 122 valence electrons. The Morgan fingerprint density at radius 1 is 1.17 bits per heavy atom. The number of amides is 1. The number of benzene rings is 1. The number of nitrogens with one attached hydrogen (secondary N) is 2. The molecule has 1 aromatic heterocycles. The van der Waals surface area contributed by atoms with Crippen molar-refractivity contribution in [1.82, 2.24) is 15.2 Å². The van der Waals surface area contributed by atoms with E-state index in [0.717, 1.165) is 24.3 Å². The molecule has 5 nitrogen and oxygen atoms in total. The highest BCUT2D eigenvalue weighted by Crippen LogP contribution is 2.15. The summed E-state index contributed by atoms with van der Waals surface area (Å²) in [7, 11) is 0. The standard InChI is InChI=1S/C17H19N3O2.ClH/c1-12-11-18-9-10-20(12)17(22)14-7-8-15(19-16(14)21)13-5-3-2-4-6-13;/h2-8,12,18H,9-11H2,1H3,(H,19,21);1H/t12-;/m1./s1. The van der Waals surface area contributed by atoms with Crippen LogP contribution in [0.2, 0.25) is 0 Å². The number of aromatic amines is 1. The fourth-order valence-corrected chi connectivity index (χ4v) is 2.73. The normalized spacial score (nSPS) is 17.4. The van der Waals surface area contributed by atoms with Crippen LogP contribution in [-0.2, 0) is 0 Å². The number of H-pyrrole nitrogens is 1. The van der Waals surface area contributed by atoms with Gasteiger partial charge in [-0.3, -0.25) is 9.59 Å². The zero-order chi connectivity index (χ0) is 15.5. The molecule has 2 heterocycles. The second kappa shape index (κ2) is 7.44. The summed E-state index contributed by atoms with van der Waals surface area (Å²) in [5.74, 6) is -0.199. The third-order valence-electron chi connectivity index (χ3n) is 3.99. The molecule has 0 radical (unpaired) electrons. The van der Waals surface area contributed by atoms with Gasteiger partial charge in [-0.1, -0.05) is 30.3 Å². The van der Waals surface area contributed by atoms with Crippen molar-refractivity contribution >= 4 is 18.3 Å². The number of hydrogen-bond donors (Lipinski definition) is 2. The van der Waals surface area contributed by atoms with Gasteiger partial charge in [0, 0.05) is 31.4 Å². The van der Waals surface area contributed by atoms with E-state index in [9.17, 15) is 9.59 Å². The van der Waals surface area contributed by atoms with E-state index in [0.29, 0.717) is 6.54 Å². The molecule has 1 aliphatic rings. The van der Waals surface area contributed by atoms with Crippen molar-refractivity contribution in [3.05, 3.63) is 58.4 Å². The van der Waals surface area contributed by atoms with E-state index in [1.165, 1.54) is 0 Å². The summed E-state index contributed by atoms with van der Waals surface area (Å²) in [6.07, 6.45) is 0. The summed E-state index contributed by atoms with van der Waals surface area (Å²) >= 11 is 0. The van der Waals surface area contributed by atoms with Gasteiger partial charge in [0.05, 0.1) is 0 Å². The SMILES string of the molecule is C[C@@H]1CNCCN1C(=O)c1ccc(-c2ccccc2)[nH]c1=O.Cl. The number of carbonyl (C=O) groups is 1. The van der Waals surface area contributed by atoms with Crippen LogP contribution in [0.4, 0.5) is 0 Å². The lowest BCUT2D eigenvalue weighted by Gasteiger charge is -2.33. The van der Waals surface area contributed by atoms with Gasteiger partial charge >= 0.3 is 0 Å². The predicted octanol–water partition coefficient (Wildman–Crippen LogP) is 1.90. The predicted molar refractivity (Wildman–Crippen MR) is 93.1 cm³/mol. The number of aromatic nitrogens is 1. The maximum Gasteiger partial charge on any atom is 0.261 e. The van der Waals surface area contributed by atoms with Crippen LogP contribution in [0.5, 0.6) is 0 Å². The number of pyridine rings is 1. The lowest BCUT2D eigenvalue weighted by Crippen LogP contribution is -2.53. The van der Waals surface area contributed by atoms with Crippen LogP contribution < -0.4 is 10.9 Å². The molecule has 0 spiro atoms. The van der Waals surface area contributed by atoms with Crippen LogP contribution in [0, 0.1) is 0 Å². The summed E-state index contributed by atoms with van der Waals surface area (Å²) in [5.41, 5.74) is 1.51. The second-order valence-electron chi connectivity index (χ2n) is 5.53. The largest absolute Gasteiger partial charge is 0.333 e. The van der Waals surface area contributed by atoms with E-state index in [1.807, 2.05) is 37.3 Å². The first-order valence-corrected chi connectivity index (χ1v) is 7.47. The summed E-state index contributed by atoms with van der Waals surface area (Å²) in [5, 5.41) is 3.24. The van der Waals surface area contributed by atoms with E-state index in [4.69, 9.17) is 0 Å². The van der Waals surface area contributed by atoms with Gasteiger partial charge in [0.15, 0.2) is 0 Å². The van der Waals surface area contributed by atoms with Gasteiger partial charge in [0.2, 0.25) is 0 Å². The first-order valence-electron chi connectivity index (χ1n) is 7.47. The number of hydrogen-bond acceptors (Lipinski definition) is 3. The summed E-state index contributed by atoms with van der Waals surface area (Å²) in [6, 6.07) is 13.1. The molecule has 1 amide bonds. The van der Waals surface area contributed by atoms with Gasteiger partial charge in [-0.05, 0) is 24.6 Å². The molecule has 1 fully saturated rings. The van der Waals surface area contributed by atoms with Crippen molar-refractivity contribution < 1.29 is 4.79 Å². The van der Waals surface area contributed by atoms with E-state index in [2.05, 4.69) is 10.3 Å². The molecule has 0 saturated carbocycles. The van der Waals surface area contributed by atoms with Gasteiger partial charge in [0.25, 0.3) is 11.5 Å². The molecule has 1 aromatic carbocycles. The molecule has 1 atom stereocenters. The summed E-state index contributed by atoms with van der Waals surface area (Å²) in [6.45, 7) is 4.12. The van der Waals surface area contributed by atoms with Crippen LogP contribution in [0.15, 0.2) is 47.3 Å². The maximum absolute atomic E-state index is 12.6. The number of nitrogens with zero attached hydrogens (tertiary/aromatic N) is 1. The van der Waals surface area contributed by atoms with Crippen molar-refractivity contribution in [3.63, 3.8) is 0 Å². The Hall–Kier alpha value is -2.11. The monoisotopic (exact) mass is 333 g/mol. The average Bonchev–Trinajstić information content (AvgIpc) is 2.55. The minimum atomic E-state index is -0.336. The molecule has 6 heteroatoms. The Bertz CT molecular complexity index is 730. The Kier molecular flexibility index (Phi) is 5.58. The van der Waals surface area contributed by atoms with Crippen molar-refractivity contribution in [2.45, 2.75) is 13.0 Å². The van der Waals surface area contributed by atoms with Crippen molar-refractivity contribution in [2.24, 2.45) is 0 Å². The van der Waals surface area contributed by atoms with Gasteiger partial charge < -0.3 is 15.2 Å². The van der Waals surface area contributed by atoms with Crippen molar-refractivity contribution in [3.8, 4) is 11.3 Å². The number of carbonyl (C=O) groups excluding carboxylic acids is 1. The molecule has 2 aromatic rings. The molecule has 0 bridgehead atoms. The van der Waals surface area contributed by atoms with Crippen LogP contribution >= 0.6 is 12.4 Å². The number of rotatable bonds is 2. The van der Waals surface area contributed by atoms with Crippen molar-refractivity contribution in [1.29, 1.82) is 0 Å². The quantitative estimate of drug-likeness (QED) is 0.882. The molecular weight excluding hydrogens is 314 g/mol. The Labute approximate surface area is 141 Å². The van der Waals surface area contributed by atoms with E-state index in [1.54, 1.807) is 17.0 Å². The fraction of sp³-hybridized carbons (Fsp3) is 0.294. The third-order valence-corrected chi connectivity index (χ3v) is 3.99. The van der Waals surface area contributed by atoms with Crippen LogP contribution in [0.3, 0.4) is 0 Å². The molecule has 23 heavy (non-hydrogen) atoms. The van der Waals surface area contributed by atoms with E-state index < -0.39 is 0 Å². The summed E-state index contributed by atoms with van der Waals surface area (Å²) in [4.78, 5) is 29.4. The Balaban J connectivity index is 0.00000192. The highest BCUT2D eigenvalue weighted by Gasteiger charge is 2.25. The molecule has 1 aliphatic heterocycles. The first-order chi connectivity index (χ1) is 10.7. The highest BCUT2D eigenvalue weighted by molar-refractivity contribution is 5.94. The van der Waals surface area contributed by atoms with Gasteiger partial charge in [0.1, 0.15) is 5.56 Å². The second-order valence-corrected chi connectivity index (χ2v) is 5.53. The van der Waals surface area contributed by atoms with E-state index >= 15 is 0 Å². The minimum Gasteiger partial charge on any atom is -0.333 e. The highest BCUT2D eigenvalue weighted by atomic mass is 35.5. The Morgan fingerprint density at radius 2 is 1.91 bits per heavy atom. The zero-order valence-corrected chi connectivity index (χ0v) is 13.7. The molecule has 3 rings (SSSR count). The van der Waals surface area contributed by atoms with E-state index in [-0.39, 0.29) is 35.5 Å². The molecular formula is C17H20ClN3O2. The van der Waals surface area contributed by atoms with Gasteiger partial charge in [-0.2, -0.15) is 0 Å². The first kappa shape index (κ1) is 17.2.